The van der Waals surface area contributed by atoms with Gasteiger partial charge in [0.25, 0.3) is 0 Å². The maximum atomic E-state index is 6.53. The van der Waals surface area contributed by atoms with Crippen LogP contribution in [0, 0.1) is 0 Å². The lowest BCUT2D eigenvalue weighted by molar-refractivity contribution is 0.667. The zero-order valence-electron chi connectivity index (χ0n) is 25.7. The van der Waals surface area contributed by atoms with Gasteiger partial charge in [-0.25, -0.2) is 9.97 Å². The Kier molecular flexibility index (Phi) is 5.84. The summed E-state index contributed by atoms with van der Waals surface area (Å²) in [4.78, 5) is 10.3. The lowest BCUT2D eigenvalue weighted by Crippen LogP contribution is -1.94. The molecule has 0 saturated heterocycles. The van der Waals surface area contributed by atoms with Crippen LogP contribution < -0.4 is 0 Å². The zero-order valence-corrected chi connectivity index (χ0v) is 25.7. The van der Waals surface area contributed by atoms with Gasteiger partial charge in [-0.1, -0.05) is 121 Å². The predicted molar refractivity (Wildman–Crippen MR) is 196 cm³/mol. The molecule has 0 atom stereocenters. The van der Waals surface area contributed by atoms with Crippen molar-refractivity contribution in [1.29, 1.82) is 0 Å². The van der Waals surface area contributed by atoms with E-state index in [1.54, 1.807) is 0 Å². The Morgan fingerprint density at radius 2 is 1.08 bits per heavy atom. The molecule has 7 aromatic carbocycles. The summed E-state index contributed by atoms with van der Waals surface area (Å²) in [7, 11) is 0. The molecule has 0 amide bonds. The fourth-order valence-electron chi connectivity index (χ4n) is 6.92. The SMILES string of the molecule is c1ccc(-c2ccc(-c3nc(-c4cccc5oc6cc(-c7ccc8ccccc8c7)ccc6c45)c4oc5ccccc5c4n3)cc2)cc1. The van der Waals surface area contributed by atoms with E-state index < -0.39 is 0 Å². The molecule has 10 aromatic rings. The minimum Gasteiger partial charge on any atom is -0.456 e. The first-order chi connectivity index (χ1) is 23.8. The van der Waals surface area contributed by atoms with Crippen LogP contribution in [0.2, 0.25) is 0 Å². The summed E-state index contributed by atoms with van der Waals surface area (Å²) >= 11 is 0. The van der Waals surface area contributed by atoms with E-state index in [0.717, 1.165) is 71.9 Å². The third-order valence-corrected chi connectivity index (χ3v) is 9.30. The van der Waals surface area contributed by atoms with Crippen LogP contribution in [0.1, 0.15) is 0 Å². The quantitative estimate of drug-likeness (QED) is 0.198. The van der Waals surface area contributed by atoms with Crippen molar-refractivity contribution in [3.8, 4) is 44.9 Å². The van der Waals surface area contributed by atoms with Gasteiger partial charge in [-0.3, -0.25) is 0 Å². The molecule has 0 unspecified atom stereocenters. The highest BCUT2D eigenvalue weighted by Crippen LogP contribution is 2.42. The minimum absolute atomic E-state index is 0.645. The molecule has 48 heavy (non-hydrogen) atoms. The monoisotopic (exact) mass is 614 g/mol. The van der Waals surface area contributed by atoms with Gasteiger partial charge >= 0.3 is 0 Å². The van der Waals surface area contributed by atoms with E-state index in [-0.39, 0.29) is 0 Å². The first-order valence-electron chi connectivity index (χ1n) is 16.1. The summed E-state index contributed by atoms with van der Waals surface area (Å²) in [5, 5.41) is 5.43. The second kappa shape index (κ2) is 10.5. The highest BCUT2D eigenvalue weighted by Gasteiger charge is 2.22. The van der Waals surface area contributed by atoms with Gasteiger partial charge < -0.3 is 8.83 Å². The van der Waals surface area contributed by atoms with Gasteiger partial charge in [0.15, 0.2) is 11.4 Å². The number of hydrogen-bond donors (Lipinski definition) is 0. The average molecular weight is 615 g/mol. The lowest BCUT2D eigenvalue weighted by atomic mass is 9.98. The molecule has 0 N–H and O–H groups in total. The van der Waals surface area contributed by atoms with Crippen molar-refractivity contribution in [2.45, 2.75) is 0 Å². The molecular formula is C44H26N2O2. The molecule has 0 fully saturated rings. The molecule has 4 heteroatoms. The van der Waals surface area contributed by atoms with Crippen molar-refractivity contribution < 1.29 is 8.83 Å². The van der Waals surface area contributed by atoms with E-state index in [9.17, 15) is 0 Å². The van der Waals surface area contributed by atoms with Gasteiger partial charge in [-0.05, 0) is 69.4 Å². The Hall–Kier alpha value is -6.52. The molecule has 0 bridgehead atoms. The summed E-state index contributed by atoms with van der Waals surface area (Å²) in [5.41, 5.74) is 11.1. The topological polar surface area (TPSA) is 52.1 Å². The molecule has 0 aliphatic carbocycles. The van der Waals surface area contributed by atoms with Gasteiger partial charge in [0.05, 0.1) is 0 Å². The maximum absolute atomic E-state index is 6.53. The van der Waals surface area contributed by atoms with Crippen molar-refractivity contribution >= 4 is 54.8 Å². The summed E-state index contributed by atoms with van der Waals surface area (Å²) in [6, 6.07) is 54.5. The summed E-state index contributed by atoms with van der Waals surface area (Å²) < 4.78 is 13.0. The van der Waals surface area contributed by atoms with Crippen LogP contribution in [-0.4, -0.2) is 9.97 Å². The van der Waals surface area contributed by atoms with E-state index in [1.165, 1.54) is 16.3 Å². The highest BCUT2D eigenvalue weighted by molar-refractivity contribution is 6.16. The van der Waals surface area contributed by atoms with Crippen LogP contribution in [0.25, 0.3) is 99.7 Å². The van der Waals surface area contributed by atoms with E-state index >= 15 is 0 Å². The number of furan rings is 2. The number of para-hydroxylation sites is 1. The van der Waals surface area contributed by atoms with Gasteiger partial charge in [0.1, 0.15) is 28.0 Å². The number of hydrogen-bond acceptors (Lipinski definition) is 4. The molecule has 0 saturated carbocycles. The van der Waals surface area contributed by atoms with Crippen LogP contribution in [0.3, 0.4) is 0 Å². The molecular weight excluding hydrogens is 588 g/mol. The van der Waals surface area contributed by atoms with Crippen LogP contribution >= 0.6 is 0 Å². The fourth-order valence-corrected chi connectivity index (χ4v) is 6.92. The van der Waals surface area contributed by atoms with E-state index in [1.807, 2.05) is 36.4 Å². The molecule has 3 aromatic heterocycles. The number of benzene rings is 7. The molecule has 0 radical (unpaired) electrons. The second-order valence-corrected chi connectivity index (χ2v) is 12.2. The van der Waals surface area contributed by atoms with Crippen LogP contribution in [0.15, 0.2) is 167 Å². The lowest BCUT2D eigenvalue weighted by Gasteiger charge is -2.09. The molecule has 0 spiro atoms. The van der Waals surface area contributed by atoms with Crippen molar-refractivity contribution in [3.63, 3.8) is 0 Å². The Morgan fingerprint density at radius 1 is 0.396 bits per heavy atom. The largest absolute Gasteiger partial charge is 0.456 e. The first kappa shape index (κ1) is 26.7. The van der Waals surface area contributed by atoms with Crippen molar-refractivity contribution in [2.24, 2.45) is 0 Å². The number of nitrogens with zero attached hydrogens (tertiary/aromatic N) is 2. The highest BCUT2D eigenvalue weighted by atomic mass is 16.3. The van der Waals surface area contributed by atoms with Crippen molar-refractivity contribution in [1.82, 2.24) is 9.97 Å². The number of rotatable bonds is 4. The Morgan fingerprint density at radius 3 is 1.98 bits per heavy atom. The number of fused-ring (bicyclic) bond motifs is 7. The van der Waals surface area contributed by atoms with Crippen LogP contribution in [0.5, 0.6) is 0 Å². The second-order valence-electron chi connectivity index (χ2n) is 12.2. The molecule has 0 aliphatic rings. The Labute approximate surface area is 275 Å². The van der Waals surface area contributed by atoms with Gasteiger partial charge in [0.2, 0.25) is 0 Å². The first-order valence-corrected chi connectivity index (χ1v) is 16.1. The standard InChI is InChI=1S/C44H26N2O2/c1-2-9-27(10-3-1)29-17-20-30(21-18-29)44-45-41-35-13-6-7-15-37(35)48-43(41)42(46-44)36-14-8-16-38-40(36)34-24-23-33(26-39(34)47-38)32-22-19-28-11-4-5-12-31(28)25-32/h1-26H. The fraction of sp³-hybridized carbons (Fsp3) is 0. The van der Waals surface area contributed by atoms with Crippen LogP contribution in [0.4, 0.5) is 0 Å². The molecule has 10 rings (SSSR count). The van der Waals surface area contributed by atoms with Crippen molar-refractivity contribution in [2.75, 3.05) is 0 Å². The van der Waals surface area contributed by atoms with Gasteiger partial charge in [-0.2, -0.15) is 0 Å². The Balaban J connectivity index is 1.17. The molecule has 3 heterocycles. The van der Waals surface area contributed by atoms with Crippen LogP contribution in [-0.2, 0) is 0 Å². The number of aromatic nitrogens is 2. The predicted octanol–water partition coefficient (Wildman–Crippen LogP) is 12.1. The zero-order chi connectivity index (χ0) is 31.6. The van der Waals surface area contributed by atoms with E-state index in [0.29, 0.717) is 11.4 Å². The van der Waals surface area contributed by atoms with E-state index in [2.05, 4.69) is 121 Å². The molecule has 0 aliphatic heterocycles. The maximum Gasteiger partial charge on any atom is 0.180 e. The smallest absolute Gasteiger partial charge is 0.180 e. The van der Waals surface area contributed by atoms with E-state index in [4.69, 9.17) is 18.8 Å². The summed E-state index contributed by atoms with van der Waals surface area (Å²) in [6.45, 7) is 0. The minimum atomic E-state index is 0.645. The normalized spacial score (nSPS) is 11.8. The summed E-state index contributed by atoms with van der Waals surface area (Å²) in [5.74, 6) is 0.645. The third-order valence-electron chi connectivity index (χ3n) is 9.30. The third kappa shape index (κ3) is 4.24. The Bertz CT molecular complexity index is 2830. The van der Waals surface area contributed by atoms with Gasteiger partial charge in [0, 0.05) is 27.3 Å². The average Bonchev–Trinajstić information content (AvgIpc) is 3.73. The van der Waals surface area contributed by atoms with Crippen molar-refractivity contribution in [3.05, 3.63) is 158 Å². The van der Waals surface area contributed by atoms with Gasteiger partial charge in [-0.15, -0.1) is 0 Å². The molecule has 4 nitrogen and oxygen atoms in total. The summed E-state index contributed by atoms with van der Waals surface area (Å²) in [6.07, 6.45) is 0. The molecule has 224 valence electrons.